The highest BCUT2D eigenvalue weighted by molar-refractivity contribution is 6.30. The van der Waals surface area contributed by atoms with E-state index in [1.165, 1.54) is 0 Å². The molecule has 0 bridgehead atoms. The van der Waals surface area contributed by atoms with Gasteiger partial charge in [-0.2, -0.15) is 10.2 Å². The first-order valence-electron chi connectivity index (χ1n) is 6.82. The lowest BCUT2D eigenvalue weighted by molar-refractivity contribution is 0.0949. The highest BCUT2D eigenvalue weighted by atomic mass is 35.5. The number of aromatic amines is 1. The lowest BCUT2D eigenvalue weighted by Gasteiger charge is -2.02. The Morgan fingerprint density at radius 1 is 1.33 bits per heavy atom. The molecule has 0 fully saturated rings. The van der Waals surface area contributed by atoms with Crippen molar-refractivity contribution in [3.63, 3.8) is 0 Å². The van der Waals surface area contributed by atoms with Crippen LogP contribution in [0.4, 0.5) is 0 Å². The van der Waals surface area contributed by atoms with Crippen LogP contribution in [0.2, 0.25) is 5.02 Å². The quantitative estimate of drug-likeness (QED) is 0.676. The number of rotatable bonds is 3. The van der Waals surface area contributed by atoms with Crippen LogP contribution < -0.4 is 5.43 Å². The van der Waals surface area contributed by atoms with Crippen molar-refractivity contribution in [2.45, 2.75) is 26.2 Å². The summed E-state index contributed by atoms with van der Waals surface area (Å²) in [7, 11) is 0. The molecular weight excluding hydrogens is 288 g/mol. The van der Waals surface area contributed by atoms with Crippen molar-refractivity contribution < 1.29 is 4.79 Å². The summed E-state index contributed by atoms with van der Waals surface area (Å²) in [5, 5.41) is 11.8. The predicted molar refractivity (Wildman–Crippen MR) is 81.7 cm³/mol. The van der Waals surface area contributed by atoms with Gasteiger partial charge in [-0.15, -0.1) is 0 Å². The molecule has 6 heteroatoms. The van der Waals surface area contributed by atoms with Crippen molar-refractivity contribution in [2.24, 2.45) is 5.10 Å². The Morgan fingerprint density at radius 3 is 2.86 bits per heavy atom. The molecule has 0 saturated carbocycles. The summed E-state index contributed by atoms with van der Waals surface area (Å²) in [6, 6.07) is 7.30. The van der Waals surface area contributed by atoms with Gasteiger partial charge in [0.2, 0.25) is 0 Å². The number of carbonyl (C=O) groups excluding carboxylic acids is 1. The van der Waals surface area contributed by atoms with Crippen LogP contribution in [-0.4, -0.2) is 21.8 Å². The van der Waals surface area contributed by atoms with Gasteiger partial charge in [0.15, 0.2) is 5.69 Å². The number of halogens is 1. The number of hydrazone groups is 1. The molecule has 1 aliphatic rings. The molecule has 2 N–H and O–H groups in total. The first-order chi connectivity index (χ1) is 10.1. The van der Waals surface area contributed by atoms with Crippen LogP contribution in [0.25, 0.3) is 0 Å². The molecule has 0 aliphatic heterocycles. The number of aryl methyl sites for hydroxylation is 1. The molecule has 0 radical (unpaired) electrons. The van der Waals surface area contributed by atoms with Crippen molar-refractivity contribution in [3.05, 3.63) is 51.8 Å². The lowest BCUT2D eigenvalue weighted by Crippen LogP contribution is -2.21. The van der Waals surface area contributed by atoms with Crippen LogP contribution in [0.5, 0.6) is 0 Å². The molecule has 0 saturated heterocycles. The monoisotopic (exact) mass is 302 g/mol. The minimum absolute atomic E-state index is 0.275. The number of benzene rings is 1. The zero-order chi connectivity index (χ0) is 14.8. The van der Waals surface area contributed by atoms with Gasteiger partial charge in [-0.05, 0) is 43.9 Å². The summed E-state index contributed by atoms with van der Waals surface area (Å²) in [6.07, 6.45) is 2.92. The van der Waals surface area contributed by atoms with Crippen LogP contribution in [0.15, 0.2) is 29.4 Å². The van der Waals surface area contributed by atoms with Crippen molar-refractivity contribution in [1.82, 2.24) is 15.6 Å². The maximum absolute atomic E-state index is 12.1. The second kappa shape index (κ2) is 5.69. The molecule has 3 rings (SSSR count). The third kappa shape index (κ3) is 2.83. The molecule has 108 valence electrons. The van der Waals surface area contributed by atoms with Crippen molar-refractivity contribution in [3.8, 4) is 0 Å². The van der Waals surface area contributed by atoms with Gasteiger partial charge in [-0.3, -0.25) is 9.89 Å². The minimum atomic E-state index is -0.275. The van der Waals surface area contributed by atoms with Crippen LogP contribution in [0.3, 0.4) is 0 Å². The molecule has 0 spiro atoms. The van der Waals surface area contributed by atoms with E-state index in [1.54, 1.807) is 12.1 Å². The number of nitrogens with one attached hydrogen (secondary N) is 2. The first-order valence-corrected chi connectivity index (χ1v) is 7.19. The van der Waals surface area contributed by atoms with Crippen LogP contribution in [0.1, 0.15) is 40.7 Å². The number of aromatic nitrogens is 2. The fraction of sp³-hybridized carbons (Fsp3) is 0.267. The third-order valence-corrected chi connectivity index (χ3v) is 3.86. The zero-order valence-electron chi connectivity index (χ0n) is 11.6. The molecule has 1 aliphatic carbocycles. The van der Waals surface area contributed by atoms with Crippen molar-refractivity contribution in [2.75, 3.05) is 0 Å². The Balaban J connectivity index is 1.72. The molecule has 21 heavy (non-hydrogen) atoms. The molecular formula is C15H15ClN4O. The summed E-state index contributed by atoms with van der Waals surface area (Å²) in [5.41, 5.74) is 6.73. The van der Waals surface area contributed by atoms with E-state index in [0.717, 1.165) is 36.1 Å². The van der Waals surface area contributed by atoms with E-state index in [-0.39, 0.29) is 5.91 Å². The Hall–Kier alpha value is -2.14. The molecule has 5 nitrogen and oxygen atoms in total. The van der Waals surface area contributed by atoms with E-state index < -0.39 is 0 Å². The maximum Gasteiger partial charge on any atom is 0.292 e. The number of amides is 1. The minimum Gasteiger partial charge on any atom is -0.281 e. The van der Waals surface area contributed by atoms with Gasteiger partial charge in [0.05, 0.1) is 5.71 Å². The average molecular weight is 303 g/mol. The van der Waals surface area contributed by atoms with E-state index in [4.69, 9.17) is 11.6 Å². The van der Waals surface area contributed by atoms with Crippen molar-refractivity contribution >= 4 is 23.2 Å². The summed E-state index contributed by atoms with van der Waals surface area (Å²) >= 11 is 5.84. The second-order valence-corrected chi connectivity index (χ2v) is 5.46. The largest absolute Gasteiger partial charge is 0.292 e. The second-order valence-electron chi connectivity index (χ2n) is 5.03. The fourth-order valence-electron chi connectivity index (χ4n) is 2.45. The highest BCUT2D eigenvalue weighted by Crippen LogP contribution is 2.22. The standard InChI is InChI=1S/C15H15ClN4O/c1-9(10-5-7-11(16)8-6-10)17-20-15(21)14-12-3-2-4-13(12)18-19-14/h5-8H,2-4H2,1H3,(H,18,19)(H,20,21). The van der Waals surface area contributed by atoms with Crippen LogP contribution >= 0.6 is 11.6 Å². The van der Waals surface area contributed by atoms with Gasteiger partial charge < -0.3 is 0 Å². The number of H-pyrrole nitrogens is 1. The van der Waals surface area contributed by atoms with Gasteiger partial charge >= 0.3 is 0 Å². The molecule has 0 atom stereocenters. The smallest absolute Gasteiger partial charge is 0.281 e. The van der Waals surface area contributed by atoms with Crippen LogP contribution in [0, 0.1) is 0 Å². The predicted octanol–water partition coefficient (Wildman–Crippen LogP) is 2.71. The van der Waals surface area contributed by atoms with E-state index in [2.05, 4.69) is 20.7 Å². The third-order valence-electron chi connectivity index (χ3n) is 3.61. The Kier molecular flexibility index (Phi) is 3.75. The summed E-state index contributed by atoms with van der Waals surface area (Å²) in [5.74, 6) is -0.275. The SMILES string of the molecule is CC(=NNC(=O)c1n[nH]c2c1CCC2)c1ccc(Cl)cc1. The highest BCUT2D eigenvalue weighted by Gasteiger charge is 2.22. The molecule has 1 aromatic heterocycles. The lowest BCUT2D eigenvalue weighted by atomic mass is 10.1. The van der Waals surface area contributed by atoms with Gasteiger partial charge in [-0.1, -0.05) is 23.7 Å². The zero-order valence-corrected chi connectivity index (χ0v) is 12.4. The Morgan fingerprint density at radius 2 is 2.10 bits per heavy atom. The van der Waals surface area contributed by atoms with Gasteiger partial charge in [-0.25, -0.2) is 5.43 Å². The number of hydrogen-bond acceptors (Lipinski definition) is 3. The molecule has 1 amide bonds. The van der Waals surface area contributed by atoms with Gasteiger partial charge in [0.25, 0.3) is 5.91 Å². The van der Waals surface area contributed by atoms with E-state index in [9.17, 15) is 4.79 Å². The fourth-order valence-corrected chi connectivity index (χ4v) is 2.58. The topological polar surface area (TPSA) is 70.1 Å². The normalized spacial score (nSPS) is 14.1. The van der Waals surface area contributed by atoms with Crippen LogP contribution in [-0.2, 0) is 12.8 Å². The van der Waals surface area contributed by atoms with E-state index in [1.807, 2.05) is 19.1 Å². The number of fused-ring (bicyclic) bond motifs is 1. The maximum atomic E-state index is 12.1. The van der Waals surface area contributed by atoms with E-state index in [0.29, 0.717) is 16.4 Å². The van der Waals surface area contributed by atoms with Crippen molar-refractivity contribution in [1.29, 1.82) is 0 Å². The molecule has 1 heterocycles. The van der Waals surface area contributed by atoms with E-state index >= 15 is 0 Å². The molecule has 1 aromatic carbocycles. The van der Waals surface area contributed by atoms with Gasteiger partial charge in [0, 0.05) is 16.3 Å². The molecule has 2 aromatic rings. The Labute approximate surface area is 127 Å². The van der Waals surface area contributed by atoms with Gasteiger partial charge in [0.1, 0.15) is 0 Å². The first kappa shape index (κ1) is 13.8. The number of carbonyl (C=O) groups is 1. The number of nitrogens with zero attached hydrogens (tertiary/aromatic N) is 2. The molecule has 0 unspecified atom stereocenters. The summed E-state index contributed by atoms with van der Waals surface area (Å²) in [6.45, 7) is 1.83. The Bertz CT molecular complexity index is 703. The summed E-state index contributed by atoms with van der Waals surface area (Å²) in [4.78, 5) is 12.1. The number of hydrogen-bond donors (Lipinski definition) is 2. The average Bonchev–Trinajstić information content (AvgIpc) is 3.08. The summed E-state index contributed by atoms with van der Waals surface area (Å²) < 4.78 is 0.